The van der Waals surface area contributed by atoms with Gasteiger partial charge in [0.25, 0.3) is 5.91 Å². The molecule has 2 aliphatic rings. The quantitative estimate of drug-likeness (QED) is 0.0113. The minimum atomic E-state index is -1.24. The van der Waals surface area contributed by atoms with E-state index in [4.69, 9.17) is 20.2 Å². The number of thiazole rings is 1. The van der Waals surface area contributed by atoms with Crippen LogP contribution in [-0.2, 0) is 60.8 Å². The van der Waals surface area contributed by atoms with E-state index < -0.39 is 82.4 Å². The number of hydrogen-bond donors (Lipinski definition) is 9. The van der Waals surface area contributed by atoms with Crippen molar-refractivity contribution < 1.29 is 67.3 Å². The third-order valence-corrected chi connectivity index (χ3v) is 22.5. The van der Waals surface area contributed by atoms with Gasteiger partial charge in [-0.3, -0.25) is 43.3 Å². The topological polar surface area (TPSA) is 359 Å². The molecule has 596 valence electrons. The number of likely N-dealkylation sites (N-methyl/N-ethyl adjacent to an activating group) is 2. The number of aromatic nitrogens is 1. The van der Waals surface area contributed by atoms with E-state index in [-0.39, 0.29) is 137 Å². The Bertz CT molecular complexity index is 3830. The summed E-state index contributed by atoms with van der Waals surface area (Å²) in [6.07, 6.45) is 4.20. The van der Waals surface area contributed by atoms with Gasteiger partial charge < -0.3 is 72.1 Å². The number of fused-ring (bicyclic) bond motifs is 2. The van der Waals surface area contributed by atoms with Crippen LogP contribution in [0.3, 0.4) is 0 Å². The number of amides is 9. The van der Waals surface area contributed by atoms with Crippen molar-refractivity contribution in [2.75, 3.05) is 64.1 Å². The number of likely N-dealkylation sites (tertiary alicyclic amines) is 1. The monoisotopic (exact) mass is 1530 g/mol. The number of rotatable bonds is 43. The second-order valence-corrected chi connectivity index (χ2v) is 31.8. The Labute approximate surface area is 647 Å². The maximum atomic E-state index is 14.4. The molecule has 27 heteroatoms. The Morgan fingerprint density at radius 1 is 0.835 bits per heavy atom. The van der Waals surface area contributed by atoms with Crippen molar-refractivity contribution in [1.82, 2.24) is 46.7 Å². The number of carboxylic acids is 1. The average molecular weight is 1530 g/mol. The van der Waals surface area contributed by atoms with Gasteiger partial charge in [0.2, 0.25) is 29.5 Å². The van der Waals surface area contributed by atoms with Gasteiger partial charge in [-0.15, -0.1) is 11.3 Å². The summed E-state index contributed by atoms with van der Waals surface area (Å²) < 4.78 is 12.3. The zero-order valence-corrected chi connectivity index (χ0v) is 67.1. The number of Topliss-reactive ketones (excluding diaryl/α,β-unsaturated/α-hetero) is 1. The van der Waals surface area contributed by atoms with Crippen LogP contribution in [-0.4, -0.2) is 175 Å². The van der Waals surface area contributed by atoms with Crippen LogP contribution in [0.25, 0.3) is 0 Å². The summed E-state index contributed by atoms with van der Waals surface area (Å²) in [5, 5.41) is 31.8. The number of hydrogen-bond acceptors (Lipinski definition) is 17. The number of urea groups is 1. The van der Waals surface area contributed by atoms with Crippen molar-refractivity contribution in [3.8, 4) is 11.8 Å². The number of carbonyl (C=O) groups is 11. The number of aldehydes is 1. The van der Waals surface area contributed by atoms with Crippen LogP contribution in [0.2, 0.25) is 0 Å². The van der Waals surface area contributed by atoms with Crippen molar-refractivity contribution in [3.05, 3.63) is 111 Å². The Balaban J connectivity index is 1.05. The molecule has 0 aliphatic carbocycles. The second-order valence-electron chi connectivity index (χ2n) is 30.9. The lowest BCUT2D eigenvalue weighted by Gasteiger charge is -2.43. The van der Waals surface area contributed by atoms with Crippen LogP contribution in [0.5, 0.6) is 0 Å². The highest BCUT2D eigenvalue weighted by Crippen LogP contribution is 2.36. The highest BCUT2D eigenvalue weighted by atomic mass is 32.1. The SMILES string of the molecule is CC[C@H](C)[C@](C=O)(CN(C)[C@H](C[C@@H](OC(=O)NC)c1nc(C(=O)N[C@@H](Cc2ccc(NC(=O)[C@H](CCCNC(N)=O)NC(=O)[C@@H](CC(=O)C(C)(CC)CCOC(C)(C)CCNC(=O)CCC(=O)N3Cc4ccccc4C#Cc4ccccc43)C(C)C)cc2)C[C@H](C)C(=O)O)cs1)C(C)C)NC(=O)[C@H]1CCCCN1C. The molecule has 10 N–H and O–H groups in total. The first-order valence-corrected chi connectivity index (χ1v) is 39.3. The number of carboxylic acid groups (broad SMARTS) is 1. The van der Waals surface area contributed by atoms with E-state index in [9.17, 15) is 57.8 Å². The standard InChI is InChI=1S/C82H118N12O14S/c1-15-55(8)82(51-95,91-75(102)66-29-21-22-42-92(66)13)50-93(14)67(53(5)6)47-68(108-79(106)84-12)76-90-64(49-109-76)74(101)88-61(44-54(7)77(103)104)45-56-30-34-60(35-31-56)87-73(100)63(27-23-40-86-78(83)105)89-72(99)62(52(3)4)46-69(96)81(11,16-2)39-43-107-80(9,10)38-41-85-70(97)36-37-71(98)94-48-59-26-18-17-24-57(59)32-33-58-25-19-20-28-65(58)94/h17-20,24-26,28,30-31,34-35,49,51-55,61-63,66-68H,15-16,21-23,27,29,36-48,50H2,1-14H3,(H,84,106)(H,85,97)(H,87,100)(H,88,101)(H,89,99)(H,91,102)(H,103,104)(H3,83,86,105)/t54-,55-,61+,62-,63-,66+,67+,68+,81?,82+/m0/s1. The largest absolute Gasteiger partial charge is 0.481 e. The minimum absolute atomic E-state index is 0.00172. The molecule has 0 radical (unpaired) electrons. The molecule has 0 spiro atoms. The van der Waals surface area contributed by atoms with Gasteiger partial charge in [0.15, 0.2) is 6.10 Å². The van der Waals surface area contributed by atoms with Gasteiger partial charge in [-0.05, 0) is 151 Å². The number of carbonyl (C=O) groups excluding carboxylic acids is 10. The van der Waals surface area contributed by atoms with Crippen LogP contribution in [0.15, 0.2) is 78.2 Å². The van der Waals surface area contributed by atoms with Gasteiger partial charge in [-0.25, -0.2) is 14.6 Å². The number of nitrogens with one attached hydrogen (secondary N) is 7. The molecular formula is C82H118N12O14S. The maximum Gasteiger partial charge on any atom is 0.407 e. The minimum Gasteiger partial charge on any atom is -0.481 e. The van der Waals surface area contributed by atoms with E-state index in [0.29, 0.717) is 60.6 Å². The Hall–Kier alpha value is -9.10. The highest BCUT2D eigenvalue weighted by molar-refractivity contribution is 7.09. The summed E-state index contributed by atoms with van der Waals surface area (Å²) in [5.74, 6) is 0.526. The molecule has 9 amide bonds. The lowest BCUT2D eigenvalue weighted by Crippen LogP contribution is -2.64. The smallest absolute Gasteiger partial charge is 0.407 e. The lowest BCUT2D eigenvalue weighted by molar-refractivity contribution is -0.141. The summed E-state index contributed by atoms with van der Waals surface area (Å²) in [6.45, 7) is 22.6. The number of ether oxygens (including phenoxy) is 2. The second kappa shape index (κ2) is 42.2. The Morgan fingerprint density at radius 2 is 1.52 bits per heavy atom. The molecule has 0 bridgehead atoms. The van der Waals surface area contributed by atoms with Crippen LogP contribution in [0.4, 0.5) is 21.0 Å². The van der Waals surface area contributed by atoms with E-state index >= 15 is 0 Å². The van der Waals surface area contributed by atoms with Crippen LogP contribution in [0.1, 0.15) is 210 Å². The number of piperidine rings is 1. The van der Waals surface area contributed by atoms with Gasteiger partial charge in [0, 0.05) is 105 Å². The molecule has 3 heterocycles. The number of anilines is 2. The number of ketones is 1. The summed E-state index contributed by atoms with van der Waals surface area (Å²) in [7, 11) is 5.22. The first kappa shape index (κ1) is 88.8. The fraction of sp³-hybridized carbons (Fsp3) is 0.585. The van der Waals surface area contributed by atoms with Crippen molar-refractivity contribution in [2.24, 2.45) is 40.7 Å². The third-order valence-electron chi connectivity index (χ3n) is 21.6. The van der Waals surface area contributed by atoms with E-state index in [1.165, 1.54) is 14.0 Å². The molecule has 1 saturated heterocycles. The number of para-hydroxylation sites is 1. The van der Waals surface area contributed by atoms with Crippen LogP contribution >= 0.6 is 11.3 Å². The van der Waals surface area contributed by atoms with Gasteiger partial charge in [-0.1, -0.05) is 129 Å². The summed E-state index contributed by atoms with van der Waals surface area (Å²) in [4.78, 5) is 159. The molecule has 2 aliphatic heterocycles. The normalized spacial score (nSPS) is 16.7. The highest BCUT2D eigenvalue weighted by Gasteiger charge is 2.43. The number of nitrogens with zero attached hydrogens (tertiary/aromatic N) is 4. The van der Waals surface area contributed by atoms with Crippen molar-refractivity contribution >= 4 is 88.3 Å². The number of benzene rings is 3. The molecular weight excluding hydrogens is 1410 g/mol. The molecule has 26 nitrogen and oxygen atoms in total. The number of alkyl carbamates (subject to hydrolysis) is 1. The molecule has 1 aromatic heterocycles. The van der Waals surface area contributed by atoms with E-state index in [2.05, 4.69) is 49.1 Å². The summed E-state index contributed by atoms with van der Waals surface area (Å²) in [5.41, 5.74) is 6.76. The van der Waals surface area contributed by atoms with Crippen LogP contribution < -0.4 is 47.9 Å². The molecule has 3 aromatic carbocycles. The summed E-state index contributed by atoms with van der Waals surface area (Å²) in [6, 6.07) is 18.6. The molecule has 0 saturated carbocycles. The number of primary amides is 1. The van der Waals surface area contributed by atoms with Gasteiger partial charge in [0.1, 0.15) is 34.4 Å². The zero-order chi connectivity index (χ0) is 80.3. The fourth-order valence-electron chi connectivity index (χ4n) is 13.9. The van der Waals surface area contributed by atoms with Gasteiger partial charge in [-0.2, -0.15) is 0 Å². The van der Waals surface area contributed by atoms with Crippen LogP contribution in [0, 0.1) is 46.8 Å². The maximum absolute atomic E-state index is 14.4. The van der Waals surface area contributed by atoms with Crippen molar-refractivity contribution in [2.45, 2.75) is 220 Å². The van der Waals surface area contributed by atoms with Crippen molar-refractivity contribution in [1.29, 1.82) is 0 Å². The zero-order valence-electron chi connectivity index (χ0n) is 66.2. The number of aliphatic carboxylic acids is 1. The van der Waals surface area contributed by atoms with E-state index in [1.54, 1.807) is 34.5 Å². The molecule has 1 fully saturated rings. The fourth-order valence-corrected chi connectivity index (χ4v) is 14.7. The predicted octanol–water partition coefficient (Wildman–Crippen LogP) is 9.86. The van der Waals surface area contributed by atoms with E-state index in [1.807, 2.05) is 142 Å². The molecule has 109 heavy (non-hydrogen) atoms. The predicted molar refractivity (Wildman–Crippen MR) is 421 cm³/mol. The Morgan fingerprint density at radius 3 is 2.17 bits per heavy atom. The lowest BCUT2D eigenvalue weighted by atomic mass is 9.75. The average Bonchev–Trinajstić information content (AvgIpc) is 1.16. The summed E-state index contributed by atoms with van der Waals surface area (Å²) >= 11 is 1.12. The van der Waals surface area contributed by atoms with E-state index in [0.717, 1.165) is 53.7 Å². The van der Waals surface area contributed by atoms with Gasteiger partial charge >= 0.3 is 18.1 Å². The van der Waals surface area contributed by atoms with Gasteiger partial charge in [0.05, 0.1) is 29.8 Å². The molecule has 6 rings (SSSR count). The Kier molecular flexibility index (Phi) is 34.4. The first-order valence-electron chi connectivity index (χ1n) is 38.4. The molecule has 1 unspecified atom stereocenters. The molecule has 10 atom stereocenters. The molecule has 4 aromatic rings. The number of nitrogens with two attached hydrogens (primary N) is 1. The van der Waals surface area contributed by atoms with Crippen molar-refractivity contribution in [3.63, 3.8) is 0 Å². The third kappa shape index (κ3) is 26.6. The first-order chi connectivity index (χ1) is 51.6.